The minimum Gasteiger partial charge on any atom is -0.370 e. The van der Waals surface area contributed by atoms with E-state index >= 15 is 0 Å². The summed E-state index contributed by atoms with van der Waals surface area (Å²) in [6.45, 7) is 3.28. The zero-order chi connectivity index (χ0) is 14.7. The third kappa shape index (κ3) is 2.63. The fourth-order valence-corrected chi connectivity index (χ4v) is 2.34. The molecule has 3 rings (SSSR count). The van der Waals surface area contributed by atoms with E-state index < -0.39 is 0 Å². The Balaban J connectivity index is 2.10. The van der Waals surface area contributed by atoms with Crippen LogP contribution in [-0.2, 0) is 6.54 Å². The maximum Gasteiger partial charge on any atom is 0.269 e. The lowest BCUT2D eigenvalue weighted by molar-refractivity contribution is 0.784. The monoisotopic (exact) mass is 280 g/mol. The summed E-state index contributed by atoms with van der Waals surface area (Å²) in [7, 11) is 0. The molecule has 0 spiro atoms. The van der Waals surface area contributed by atoms with Gasteiger partial charge in [0.1, 0.15) is 5.82 Å². The predicted octanol–water partition coefficient (Wildman–Crippen LogP) is 2.27. The quantitative estimate of drug-likeness (QED) is 0.796. The molecule has 0 aliphatic heterocycles. The minimum atomic E-state index is -0.111. The Morgan fingerprint density at radius 2 is 2.00 bits per heavy atom. The molecule has 0 amide bonds. The van der Waals surface area contributed by atoms with Crippen LogP contribution in [0.3, 0.4) is 0 Å². The van der Waals surface area contributed by atoms with Gasteiger partial charge in [-0.05, 0) is 25.1 Å². The lowest BCUT2D eigenvalue weighted by Gasteiger charge is -2.12. The van der Waals surface area contributed by atoms with Crippen LogP contribution in [0.15, 0.2) is 53.6 Å². The van der Waals surface area contributed by atoms with Crippen molar-refractivity contribution < 1.29 is 0 Å². The normalized spacial score (nSPS) is 10.7. The lowest BCUT2D eigenvalue weighted by Crippen LogP contribution is -2.21. The second kappa shape index (κ2) is 5.75. The number of rotatable bonds is 4. The highest BCUT2D eigenvalue weighted by Gasteiger charge is 2.08. The Hall–Kier alpha value is -2.69. The molecule has 0 aliphatic carbocycles. The summed E-state index contributed by atoms with van der Waals surface area (Å²) in [5.74, 6) is 0.813. The summed E-state index contributed by atoms with van der Waals surface area (Å²) in [6, 6.07) is 11.5. The molecule has 1 aromatic carbocycles. The van der Waals surface area contributed by atoms with Gasteiger partial charge in [0.05, 0.1) is 23.8 Å². The van der Waals surface area contributed by atoms with Crippen molar-refractivity contribution in [2.75, 3.05) is 11.9 Å². The van der Waals surface area contributed by atoms with Crippen molar-refractivity contribution in [2.45, 2.75) is 13.5 Å². The molecule has 0 bridgehead atoms. The van der Waals surface area contributed by atoms with Crippen molar-refractivity contribution in [3.8, 4) is 0 Å². The van der Waals surface area contributed by atoms with E-state index in [4.69, 9.17) is 0 Å². The Labute approximate surface area is 122 Å². The summed E-state index contributed by atoms with van der Waals surface area (Å²) >= 11 is 0. The van der Waals surface area contributed by atoms with Gasteiger partial charge in [0, 0.05) is 18.3 Å². The first-order chi connectivity index (χ1) is 10.3. The van der Waals surface area contributed by atoms with Crippen LogP contribution in [0.2, 0.25) is 0 Å². The molecule has 3 aromatic rings. The van der Waals surface area contributed by atoms with Gasteiger partial charge in [-0.1, -0.05) is 18.2 Å². The number of nitrogens with zero attached hydrogens (tertiary/aromatic N) is 3. The van der Waals surface area contributed by atoms with Gasteiger partial charge in [-0.3, -0.25) is 4.79 Å². The fourth-order valence-electron chi connectivity index (χ4n) is 2.34. The van der Waals surface area contributed by atoms with Crippen molar-refractivity contribution in [2.24, 2.45) is 0 Å². The molecule has 0 aliphatic rings. The van der Waals surface area contributed by atoms with Gasteiger partial charge in [0.25, 0.3) is 5.56 Å². The topological polar surface area (TPSA) is 59.8 Å². The van der Waals surface area contributed by atoms with Crippen molar-refractivity contribution in [1.29, 1.82) is 0 Å². The lowest BCUT2D eigenvalue weighted by atomic mass is 10.2. The third-order valence-electron chi connectivity index (χ3n) is 3.32. The molecule has 5 nitrogen and oxygen atoms in total. The molecule has 1 N–H and O–H groups in total. The molecular weight excluding hydrogens is 264 g/mol. The SMILES string of the molecule is CCNc1ncccc1Cn1c(=O)cnc2ccccc21. The Bertz CT molecular complexity index is 826. The van der Waals surface area contributed by atoms with E-state index in [0.29, 0.717) is 6.54 Å². The summed E-state index contributed by atoms with van der Waals surface area (Å²) in [4.78, 5) is 20.7. The zero-order valence-electron chi connectivity index (χ0n) is 11.8. The number of pyridine rings is 1. The highest BCUT2D eigenvalue weighted by atomic mass is 16.1. The first-order valence-electron chi connectivity index (χ1n) is 6.92. The molecule has 0 radical (unpaired) electrons. The van der Waals surface area contributed by atoms with E-state index in [1.54, 1.807) is 10.8 Å². The average Bonchev–Trinajstić information content (AvgIpc) is 2.52. The van der Waals surface area contributed by atoms with Gasteiger partial charge in [0.15, 0.2) is 0 Å². The number of fused-ring (bicyclic) bond motifs is 1. The predicted molar refractivity (Wildman–Crippen MR) is 83.5 cm³/mol. The number of anilines is 1. The first-order valence-corrected chi connectivity index (χ1v) is 6.92. The van der Waals surface area contributed by atoms with Gasteiger partial charge >= 0.3 is 0 Å². The van der Waals surface area contributed by atoms with E-state index in [0.717, 1.165) is 29.0 Å². The first kappa shape index (κ1) is 13.3. The van der Waals surface area contributed by atoms with Gasteiger partial charge in [0.2, 0.25) is 0 Å². The second-order valence-corrected chi connectivity index (χ2v) is 4.71. The van der Waals surface area contributed by atoms with E-state index in [9.17, 15) is 4.79 Å². The maximum absolute atomic E-state index is 12.2. The molecule has 0 saturated carbocycles. The van der Waals surface area contributed by atoms with Crippen molar-refractivity contribution in [3.63, 3.8) is 0 Å². The minimum absolute atomic E-state index is 0.111. The number of para-hydroxylation sites is 2. The molecule has 0 fully saturated rings. The van der Waals surface area contributed by atoms with Crippen LogP contribution in [0, 0.1) is 0 Å². The molecule has 2 heterocycles. The van der Waals surface area contributed by atoms with Crippen molar-refractivity contribution in [1.82, 2.24) is 14.5 Å². The molecular formula is C16H16N4O. The van der Waals surface area contributed by atoms with Crippen molar-refractivity contribution >= 4 is 16.9 Å². The summed E-state index contributed by atoms with van der Waals surface area (Å²) in [6.07, 6.45) is 3.11. The van der Waals surface area contributed by atoms with E-state index in [1.165, 1.54) is 6.20 Å². The molecule has 106 valence electrons. The Morgan fingerprint density at radius 3 is 2.86 bits per heavy atom. The van der Waals surface area contributed by atoms with Gasteiger partial charge in [-0.25, -0.2) is 9.97 Å². The van der Waals surface area contributed by atoms with Crippen molar-refractivity contribution in [3.05, 3.63) is 64.7 Å². The van der Waals surface area contributed by atoms with Crippen LogP contribution >= 0.6 is 0 Å². The Morgan fingerprint density at radius 1 is 1.14 bits per heavy atom. The smallest absolute Gasteiger partial charge is 0.269 e. The number of benzene rings is 1. The van der Waals surface area contributed by atoms with Gasteiger partial charge < -0.3 is 9.88 Å². The van der Waals surface area contributed by atoms with Crippen LogP contribution in [-0.4, -0.2) is 21.1 Å². The van der Waals surface area contributed by atoms with Crippen LogP contribution in [0.4, 0.5) is 5.82 Å². The summed E-state index contributed by atoms with van der Waals surface area (Å²) in [5.41, 5.74) is 2.51. The Kier molecular flexibility index (Phi) is 3.64. The van der Waals surface area contributed by atoms with Crippen LogP contribution in [0.1, 0.15) is 12.5 Å². The van der Waals surface area contributed by atoms with Crippen LogP contribution in [0.25, 0.3) is 11.0 Å². The molecule has 2 aromatic heterocycles. The molecule has 0 saturated heterocycles. The number of hydrogen-bond donors (Lipinski definition) is 1. The highest BCUT2D eigenvalue weighted by Crippen LogP contribution is 2.15. The van der Waals surface area contributed by atoms with E-state index in [1.807, 2.05) is 43.3 Å². The average molecular weight is 280 g/mol. The molecule has 5 heteroatoms. The van der Waals surface area contributed by atoms with Gasteiger partial charge in [-0.2, -0.15) is 0 Å². The second-order valence-electron chi connectivity index (χ2n) is 4.71. The summed E-state index contributed by atoms with van der Waals surface area (Å²) < 4.78 is 1.72. The zero-order valence-corrected chi connectivity index (χ0v) is 11.8. The summed E-state index contributed by atoms with van der Waals surface area (Å²) in [5, 5.41) is 3.22. The van der Waals surface area contributed by atoms with Crippen LogP contribution in [0.5, 0.6) is 0 Å². The maximum atomic E-state index is 12.2. The third-order valence-corrected chi connectivity index (χ3v) is 3.32. The van der Waals surface area contributed by atoms with E-state index in [2.05, 4.69) is 15.3 Å². The fraction of sp³-hybridized carbons (Fsp3) is 0.188. The number of nitrogens with one attached hydrogen (secondary N) is 1. The van der Waals surface area contributed by atoms with Gasteiger partial charge in [-0.15, -0.1) is 0 Å². The molecule has 0 unspecified atom stereocenters. The van der Waals surface area contributed by atoms with E-state index in [-0.39, 0.29) is 5.56 Å². The van der Waals surface area contributed by atoms with Crippen LogP contribution < -0.4 is 10.9 Å². The standard InChI is InChI=1S/C16H16N4O/c1-2-17-16-12(6-5-9-18-16)11-20-14-8-4-3-7-13(14)19-10-15(20)21/h3-10H,2,11H2,1H3,(H,17,18). The largest absolute Gasteiger partial charge is 0.370 e. The number of aromatic nitrogens is 3. The molecule has 0 atom stereocenters. The molecule has 21 heavy (non-hydrogen) atoms. The highest BCUT2D eigenvalue weighted by molar-refractivity contribution is 5.74. The number of hydrogen-bond acceptors (Lipinski definition) is 4.